The van der Waals surface area contributed by atoms with Crippen molar-refractivity contribution >= 4 is 37.4 Å². The zero-order chi connectivity index (χ0) is 10.8. The van der Waals surface area contributed by atoms with Gasteiger partial charge in [-0.1, -0.05) is 48.0 Å². The van der Waals surface area contributed by atoms with Crippen molar-refractivity contribution in [3.8, 4) is 0 Å². The number of thiophene rings is 1. The van der Waals surface area contributed by atoms with Gasteiger partial charge in [-0.3, -0.25) is 0 Å². The fraction of sp³-hybridized carbons (Fsp3) is 0.385. The summed E-state index contributed by atoms with van der Waals surface area (Å²) in [6.45, 7) is 4.52. The molecule has 2 heteroatoms. The van der Waals surface area contributed by atoms with E-state index in [1.54, 1.807) is 0 Å². The van der Waals surface area contributed by atoms with Crippen LogP contribution in [-0.4, -0.2) is 4.83 Å². The zero-order valence-corrected chi connectivity index (χ0v) is 11.4. The van der Waals surface area contributed by atoms with Crippen LogP contribution in [0.25, 0.3) is 10.1 Å². The molecular formula is C13H15BrS. The Hall–Kier alpha value is -0.340. The Bertz CT molecular complexity index is 413. The van der Waals surface area contributed by atoms with Gasteiger partial charge >= 0.3 is 0 Å². The van der Waals surface area contributed by atoms with Crippen LogP contribution in [0, 0.1) is 0 Å². The summed E-state index contributed by atoms with van der Waals surface area (Å²) in [5.41, 5.74) is 0. The highest BCUT2D eigenvalue weighted by Gasteiger charge is 2.16. The average molecular weight is 283 g/mol. The van der Waals surface area contributed by atoms with Crippen LogP contribution in [0.15, 0.2) is 30.3 Å². The van der Waals surface area contributed by atoms with Gasteiger partial charge in [-0.05, 0) is 23.9 Å². The third kappa shape index (κ3) is 2.26. The zero-order valence-electron chi connectivity index (χ0n) is 9.03. The first-order valence-corrected chi connectivity index (χ1v) is 7.08. The number of alkyl halides is 1. The molecule has 0 nitrogen and oxygen atoms in total. The normalized spacial score (nSPS) is 15.4. The van der Waals surface area contributed by atoms with Gasteiger partial charge in [0.15, 0.2) is 0 Å². The topological polar surface area (TPSA) is 0 Å². The van der Waals surface area contributed by atoms with E-state index in [4.69, 9.17) is 0 Å². The number of halogens is 1. The highest BCUT2D eigenvalue weighted by Crippen LogP contribution is 2.35. The summed E-state index contributed by atoms with van der Waals surface area (Å²) in [7, 11) is 0. The lowest BCUT2D eigenvalue weighted by Gasteiger charge is -2.14. The molecule has 2 aromatic rings. The van der Waals surface area contributed by atoms with Crippen LogP contribution in [-0.2, 0) is 0 Å². The highest BCUT2D eigenvalue weighted by molar-refractivity contribution is 9.09. The summed E-state index contributed by atoms with van der Waals surface area (Å²) in [5, 5.41) is 1.38. The quantitative estimate of drug-likeness (QED) is 0.681. The van der Waals surface area contributed by atoms with Gasteiger partial charge in [0.2, 0.25) is 0 Å². The minimum absolute atomic E-state index is 0.588. The molecule has 80 valence electrons. The van der Waals surface area contributed by atoms with Gasteiger partial charge in [0, 0.05) is 20.3 Å². The largest absolute Gasteiger partial charge is 0.140 e. The average Bonchev–Trinajstić information content (AvgIpc) is 2.70. The molecule has 0 radical (unpaired) electrons. The first kappa shape index (κ1) is 11.2. The SMILES string of the molecule is CCC(Br)C(C)c1cc2ccccc2s1. The van der Waals surface area contributed by atoms with Crippen molar-refractivity contribution in [3.05, 3.63) is 35.2 Å². The van der Waals surface area contributed by atoms with Crippen molar-refractivity contribution < 1.29 is 0 Å². The lowest BCUT2D eigenvalue weighted by Crippen LogP contribution is -2.05. The number of hydrogen-bond donors (Lipinski definition) is 0. The molecule has 0 spiro atoms. The van der Waals surface area contributed by atoms with Crippen LogP contribution in [0.4, 0.5) is 0 Å². The minimum Gasteiger partial charge on any atom is -0.140 e. The first-order chi connectivity index (χ1) is 7.22. The van der Waals surface area contributed by atoms with E-state index in [-0.39, 0.29) is 0 Å². The van der Waals surface area contributed by atoms with Crippen LogP contribution in [0.1, 0.15) is 31.1 Å². The van der Waals surface area contributed by atoms with Gasteiger partial charge in [-0.25, -0.2) is 0 Å². The third-order valence-electron chi connectivity index (χ3n) is 2.83. The molecule has 0 aliphatic heterocycles. The van der Waals surface area contributed by atoms with Gasteiger partial charge < -0.3 is 0 Å². The van der Waals surface area contributed by atoms with Crippen LogP contribution in [0.3, 0.4) is 0 Å². The van der Waals surface area contributed by atoms with Crippen molar-refractivity contribution in [1.29, 1.82) is 0 Å². The summed E-state index contributed by atoms with van der Waals surface area (Å²) in [4.78, 5) is 2.07. The maximum Gasteiger partial charge on any atom is 0.0345 e. The van der Waals surface area contributed by atoms with E-state index in [1.807, 2.05) is 11.3 Å². The van der Waals surface area contributed by atoms with Gasteiger partial charge in [0.05, 0.1) is 0 Å². The molecule has 0 saturated carbocycles. The molecule has 1 aromatic carbocycles. The molecule has 0 aliphatic carbocycles. The Morgan fingerprint density at radius 3 is 2.73 bits per heavy atom. The molecule has 2 rings (SSSR count). The van der Waals surface area contributed by atoms with Gasteiger partial charge in [0.1, 0.15) is 0 Å². The summed E-state index contributed by atoms with van der Waals surface area (Å²) >= 11 is 5.66. The number of rotatable bonds is 3. The van der Waals surface area contributed by atoms with E-state index < -0.39 is 0 Å². The second-order valence-corrected chi connectivity index (χ2v) is 6.19. The molecule has 1 aromatic heterocycles. The van der Waals surface area contributed by atoms with Crippen molar-refractivity contribution in [2.24, 2.45) is 0 Å². The lowest BCUT2D eigenvalue weighted by molar-refractivity contribution is 0.705. The summed E-state index contributed by atoms with van der Waals surface area (Å²) in [6.07, 6.45) is 1.18. The Morgan fingerprint density at radius 2 is 2.07 bits per heavy atom. The first-order valence-electron chi connectivity index (χ1n) is 5.35. The van der Waals surface area contributed by atoms with Crippen molar-refractivity contribution in [1.82, 2.24) is 0 Å². The Kier molecular flexibility index (Phi) is 3.47. The van der Waals surface area contributed by atoms with Gasteiger partial charge in [-0.2, -0.15) is 0 Å². The standard InChI is InChI=1S/C13H15BrS/c1-3-11(14)9(2)13-8-10-6-4-5-7-12(10)15-13/h4-9,11H,3H2,1-2H3. The van der Waals surface area contributed by atoms with Gasteiger partial charge in [0.25, 0.3) is 0 Å². The summed E-state index contributed by atoms with van der Waals surface area (Å²) in [6, 6.07) is 10.9. The van der Waals surface area contributed by atoms with E-state index in [2.05, 4.69) is 60.1 Å². The van der Waals surface area contributed by atoms with E-state index in [9.17, 15) is 0 Å². The molecule has 15 heavy (non-hydrogen) atoms. The second-order valence-electron chi connectivity index (χ2n) is 3.90. The van der Waals surface area contributed by atoms with Crippen molar-refractivity contribution in [3.63, 3.8) is 0 Å². The van der Waals surface area contributed by atoms with Crippen molar-refractivity contribution in [2.75, 3.05) is 0 Å². The predicted octanol–water partition coefficient (Wildman–Crippen LogP) is 5.18. The molecule has 0 N–H and O–H groups in total. The molecule has 0 aliphatic rings. The van der Waals surface area contributed by atoms with Crippen LogP contribution in [0.5, 0.6) is 0 Å². The highest BCUT2D eigenvalue weighted by atomic mass is 79.9. The van der Waals surface area contributed by atoms with E-state index in [0.29, 0.717) is 10.7 Å². The number of fused-ring (bicyclic) bond motifs is 1. The molecule has 0 fully saturated rings. The van der Waals surface area contributed by atoms with Gasteiger partial charge in [-0.15, -0.1) is 11.3 Å². The van der Waals surface area contributed by atoms with E-state index in [1.165, 1.54) is 21.4 Å². The predicted molar refractivity (Wildman–Crippen MR) is 73.2 cm³/mol. The Morgan fingerprint density at radius 1 is 1.33 bits per heavy atom. The Balaban J connectivity index is 2.36. The summed E-state index contributed by atoms with van der Waals surface area (Å²) < 4.78 is 1.40. The van der Waals surface area contributed by atoms with Crippen molar-refractivity contribution in [2.45, 2.75) is 31.0 Å². The fourth-order valence-electron chi connectivity index (χ4n) is 1.76. The number of benzene rings is 1. The maximum absolute atomic E-state index is 3.74. The van der Waals surface area contributed by atoms with Crippen LogP contribution in [0.2, 0.25) is 0 Å². The Labute approximate surface area is 103 Å². The molecule has 2 atom stereocenters. The fourth-order valence-corrected chi connectivity index (χ4v) is 3.40. The lowest BCUT2D eigenvalue weighted by atomic mass is 10.0. The molecular weight excluding hydrogens is 268 g/mol. The monoisotopic (exact) mass is 282 g/mol. The third-order valence-corrected chi connectivity index (χ3v) is 5.58. The second kappa shape index (κ2) is 4.67. The molecule has 0 amide bonds. The maximum atomic E-state index is 3.74. The number of hydrogen-bond acceptors (Lipinski definition) is 1. The molecule has 0 saturated heterocycles. The summed E-state index contributed by atoms with van der Waals surface area (Å²) in [5.74, 6) is 0.604. The van der Waals surface area contributed by atoms with E-state index in [0.717, 1.165) is 0 Å². The molecule has 2 unspecified atom stereocenters. The van der Waals surface area contributed by atoms with E-state index >= 15 is 0 Å². The van der Waals surface area contributed by atoms with Crippen LogP contribution >= 0.6 is 27.3 Å². The minimum atomic E-state index is 0.588. The molecule has 0 bridgehead atoms. The smallest absolute Gasteiger partial charge is 0.0345 e. The molecule has 1 heterocycles. The van der Waals surface area contributed by atoms with Crippen LogP contribution < -0.4 is 0 Å².